The van der Waals surface area contributed by atoms with Crippen LogP contribution in [-0.2, 0) is 11.3 Å². The summed E-state index contributed by atoms with van der Waals surface area (Å²) in [4.78, 5) is 10.8. The van der Waals surface area contributed by atoms with Crippen molar-refractivity contribution in [3.05, 3.63) is 33.8 Å². The number of carbonyl (C=O) groups is 1. The van der Waals surface area contributed by atoms with E-state index in [0.717, 1.165) is 15.6 Å². The van der Waals surface area contributed by atoms with Crippen molar-refractivity contribution >= 4 is 21.8 Å². The van der Waals surface area contributed by atoms with E-state index in [9.17, 15) is 4.79 Å². The molecule has 0 saturated heterocycles. The molecule has 0 fully saturated rings. The Labute approximate surface area is 91.3 Å². The van der Waals surface area contributed by atoms with Gasteiger partial charge in [-0.1, -0.05) is 22.0 Å². The number of halogens is 1. The van der Waals surface area contributed by atoms with Crippen LogP contribution in [0.2, 0.25) is 0 Å². The van der Waals surface area contributed by atoms with E-state index >= 15 is 0 Å². The molecule has 1 aromatic rings. The molecule has 0 aliphatic heterocycles. The van der Waals surface area contributed by atoms with Gasteiger partial charge in [0.1, 0.15) is 6.61 Å². The molecule has 4 heteroatoms. The second-order valence-electron chi connectivity index (χ2n) is 3.01. The molecule has 0 unspecified atom stereocenters. The fourth-order valence-corrected chi connectivity index (χ4v) is 1.49. The first-order valence-corrected chi connectivity index (χ1v) is 5.05. The van der Waals surface area contributed by atoms with Gasteiger partial charge < -0.3 is 10.4 Å². The van der Waals surface area contributed by atoms with Gasteiger partial charge in [-0.3, -0.25) is 4.79 Å². The number of carbonyl (C=O) groups excluding carboxylic acids is 1. The Hall–Kier alpha value is -0.870. The summed E-state index contributed by atoms with van der Waals surface area (Å²) in [6.45, 7) is 1.96. The van der Waals surface area contributed by atoms with Crippen LogP contribution in [0.15, 0.2) is 22.7 Å². The molecule has 0 aliphatic rings. The normalized spacial score (nSPS) is 9.93. The van der Waals surface area contributed by atoms with Crippen LogP contribution in [0.5, 0.6) is 0 Å². The lowest BCUT2D eigenvalue weighted by Gasteiger charge is -2.07. The van der Waals surface area contributed by atoms with Crippen molar-refractivity contribution in [3.63, 3.8) is 0 Å². The first-order valence-electron chi connectivity index (χ1n) is 4.26. The quantitative estimate of drug-likeness (QED) is 0.860. The molecule has 1 aromatic carbocycles. The monoisotopic (exact) mass is 257 g/mol. The van der Waals surface area contributed by atoms with Crippen LogP contribution in [0.25, 0.3) is 0 Å². The van der Waals surface area contributed by atoms with E-state index in [-0.39, 0.29) is 5.91 Å². The van der Waals surface area contributed by atoms with Crippen molar-refractivity contribution in [2.24, 2.45) is 0 Å². The second-order valence-corrected chi connectivity index (χ2v) is 3.92. The zero-order chi connectivity index (χ0) is 10.6. The van der Waals surface area contributed by atoms with E-state index in [0.29, 0.717) is 6.54 Å². The van der Waals surface area contributed by atoms with Crippen molar-refractivity contribution < 1.29 is 9.90 Å². The lowest BCUT2D eigenvalue weighted by atomic mass is 10.1. The Kier molecular flexibility index (Phi) is 4.10. The van der Waals surface area contributed by atoms with Crippen LogP contribution in [0.1, 0.15) is 11.1 Å². The van der Waals surface area contributed by atoms with Crippen LogP contribution in [-0.4, -0.2) is 17.6 Å². The summed E-state index contributed by atoms with van der Waals surface area (Å²) in [7, 11) is 0. The van der Waals surface area contributed by atoms with Crippen molar-refractivity contribution in [3.8, 4) is 0 Å². The molecule has 0 aliphatic carbocycles. The third kappa shape index (κ3) is 3.12. The second kappa shape index (κ2) is 5.12. The maximum absolute atomic E-state index is 10.8. The van der Waals surface area contributed by atoms with Gasteiger partial charge in [0.2, 0.25) is 5.91 Å². The summed E-state index contributed by atoms with van der Waals surface area (Å²) < 4.78 is 0.983. The molecule has 0 saturated carbocycles. The minimum Gasteiger partial charge on any atom is -0.387 e. The van der Waals surface area contributed by atoms with Gasteiger partial charge >= 0.3 is 0 Å². The van der Waals surface area contributed by atoms with Gasteiger partial charge in [0.25, 0.3) is 0 Å². The number of nitrogens with one attached hydrogen (secondary N) is 1. The minimum absolute atomic E-state index is 0.357. The molecule has 3 nitrogen and oxygen atoms in total. The number of hydrogen-bond acceptors (Lipinski definition) is 2. The van der Waals surface area contributed by atoms with Gasteiger partial charge in [-0.15, -0.1) is 0 Å². The predicted molar refractivity (Wildman–Crippen MR) is 57.8 cm³/mol. The van der Waals surface area contributed by atoms with Gasteiger partial charge in [-0.05, 0) is 30.2 Å². The smallest absolute Gasteiger partial charge is 0.245 e. The Bertz CT molecular complexity index is 339. The zero-order valence-electron chi connectivity index (χ0n) is 7.88. The van der Waals surface area contributed by atoms with E-state index in [1.807, 2.05) is 25.1 Å². The highest BCUT2D eigenvalue weighted by molar-refractivity contribution is 9.10. The molecule has 1 amide bonds. The van der Waals surface area contributed by atoms with Gasteiger partial charge in [0.15, 0.2) is 0 Å². The van der Waals surface area contributed by atoms with Crippen molar-refractivity contribution in [1.29, 1.82) is 0 Å². The molecule has 0 bridgehead atoms. The van der Waals surface area contributed by atoms with E-state index in [1.54, 1.807) is 0 Å². The van der Waals surface area contributed by atoms with Gasteiger partial charge in [-0.2, -0.15) is 0 Å². The molecule has 14 heavy (non-hydrogen) atoms. The summed E-state index contributed by atoms with van der Waals surface area (Å²) >= 11 is 3.36. The van der Waals surface area contributed by atoms with Gasteiger partial charge in [-0.25, -0.2) is 0 Å². The molecule has 76 valence electrons. The van der Waals surface area contributed by atoms with Crippen LogP contribution in [0.4, 0.5) is 0 Å². The van der Waals surface area contributed by atoms with E-state index in [4.69, 9.17) is 5.11 Å². The highest BCUT2D eigenvalue weighted by Gasteiger charge is 2.01. The Morgan fingerprint density at radius 1 is 1.57 bits per heavy atom. The molecule has 0 heterocycles. The molecule has 0 spiro atoms. The lowest BCUT2D eigenvalue weighted by Crippen LogP contribution is -2.25. The standard InChI is InChI=1S/C10H12BrNO2/c1-7-2-3-9(11)4-8(7)5-12-10(14)6-13/h2-4,13H,5-6H2,1H3,(H,12,14). The van der Waals surface area contributed by atoms with Gasteiger partial charge in [0, 0.05) is 11.0 Å². The number of rotatable bonds is 3. The molecule has 1 rings (SSSR count). The fourth-order valence-electron chi connectivity index (χ4n) is 1.08. The van der Waals surface area contributed by atoms with Crippen LogP contribution < -0.4 is 5.32 Å². The third-order valence-corrected chi connectivity index (χ3v) is 2.42. The molecular weight excluding hydrogens is 246 g/mol. The highest BCUT2D eigenvalue weighted by Crippen LogP contribution is 2.15. The van der Waals surface area contributed by atoms with Crippen molar-refractivity contribution in [2.45, 2.75) is 13.5 Å². The molecule has 2 N–H and O–H groups in total. The number of aliphatic hydroxyl groups excluding tert-OH is 1. The lowest BCUT2D eigenvalue weighted by molar-refractivity contribution is -0.123. The van der Waals surface area contributed by atoms with E-state index in [2.05, 4.69) is 21.2 Å². The zero-order valence-corrected chi connectivity index (χ0v) is 9.47. The fraction of sp³-hybridized carbons (Fsp3) is 0.300. The van der Waals surface area contributed by atoms with E-state index in [1.165, 1.54) is 0 Å². The Balaban J connectivity index is 2.66. The number of benzene rings is 1. The van der Waals surface area contributed by atoms with Gasteiger partial charge in [0.05, 0.1) is 0 Å². The minimum atomic E-state index is -0.465. The van der Waals surface area contributed by atoms with Crippen molar-refractivity contribution in [1.82, 2.24) is 5.32 Å². The summed E-state index contributed by atoms with van der Waals surface area (Å²) in [5.74, 6) is -0.357. The van der Waals surface area contributed by atoms with E-state index < -0.39 is 6.61 Å². The SMILES string of the molecule is Cc1ccc(Br)cc1CNC(=O)CO. The average Bonchev–Trinajstić information content (AvgIpc) is 2.19. The number of amides is 1. The predicted octanol–water partition coefficient (Wildman–Crippen LogP) is 1.37. The number of aliphatic hydroxyl groups is 1. The number of hydrogen-bond donors (Lipinski definition) is 2. The molecule has 0 aromatic heterocycles. The molecular formula is C10H12BrNO2. The summed E-state index contributed by atoms with van der Waals surface area (Å²) in [5, 5.41) is 11.1. The Morgan fingerprint density at radius 2 is 2.29 bits per heavy atom. The summed E-state index contributed by atoms with van der Waals surface area (Å²) in [6.07, 6.45) is 0. The van der Waals surface area contributed by atoms with Crippen molar-refractivity contribution in [2.75, 3.05) is 6.61 Å². The largest absolute Gasteiger partial charge is 0.387 e. The van der Waals surface area contributed by atoms with Crippen LogP contribution in [0, 0.1) is 6.92 Å². The maximum atomic E-state index is 10.8. The summed E-state index contributed by atoms with van der Waals surface area (Å²) in [5.41, 5.74) is 2.16. The maximum Gasteiger partial charge on any atom is 0.245 e. The Morgan fingerprint density at radius 3 is 2.93 bits per heavy atom. The average molecular weight is 258 g/mol. The highest BCUT2D eigenvalue weighted by atomic mass is 79.9. The third-order valence-electron chi connectivity index (χ3n) is 1.93. The molecule has 0 atom stereocenters. The van der Waals surface area contributed by atoms with Crippen LogP contribution >= 0.6 is 15.9 Å². The summed E-state index contributed by atoms with van der Waals surface area (Å²) in [6, 6.07) is 5.88. The van der Waals surface area contributed by atoms with Crippen LogP contribution in [0.3, 0.4) is 0 Å². The first-order chi connectivity index (χ1) is 6.63. The molecule has 0 radical (unpaired) electrons. The number of aryl methyl sites for hydroxylation is 1. The topological polar surface area (TPSA) is 49.3 Å². The first kappa shape index (κ1) is 11.2.